The van der Waals surface area contributed by atoms with Crippen molar-refractivity contribution in [3.63, 3.8) is 0 Å². The quantitative estimate of drug-likeness (QED) is 0.826. The van der Waals surface area contributed by atoms with Crippen LogP contribution < -0.4 is 0 Å². The summed E-state index contributed by atoms with van der Waals surface area (Å²) in [4.78, 5) is 5.23. The van der Waals surface area contributed by atoms with Crippen LogP contribution >= 0.6 is 11.8 Å². The normalized spacial score (nSPS) is 12.6. The lowest BCUT2D eigenvalue weighted by molar-refractivity contribution is 0.151. The molecular weight excluding hydrogens is 224 g/mol. The van der Waals surface area contributed by atoms with Crippen LogP contribution in [-0.2, 0) is 5.75 Å². The molecule has 2 aromatic rings. The lowest BCUT2D eigenvalue weighted by atomic mass is 10.4. The van der Waals surface area contributed by atoms with Crippen molar-refractivity contribution in [2.24, 2.45) is 0 Å². The van der Waals surface area contributed by atoms with E-state index < -0.39 is 6.10 Å². The number of thioether (sulfide) groups is 1. The van der Waals surface area contributed by atoms with Crippen LogP contribution in [0, 0.1) is 0 Å². The zero-order chi connectivity index (χ0) is 11.4. The summed E-state index contributed by atoms with van der Waals surface area (Å²) in [6.07, 6.45) is -0.706. The van der Waals surface area contributed by atoms with Crippen molar-refractivity contribution in [2.75, 3.05) is 0 Å². The number of hydrogen-bond donors (Lipinski definition) is 1. The molecule has 16 heavy (non-hydrogen) atoms. The van der Waals surface area contributed by atoms with Crippen molar-refractivity contribution in [3.05, 3.63) is 42.0 Å². The average molecular weight is 236 g/mol. The van der Waals surface area contributed by atoms with Gasteiger partial charge in [0.15, 0.2) is 5.82 Å². The average Bonchev–Trinajstić information content (AvgIpc) is 2.76. The van der Waals surface area contributed by atoms with Crippen LogP contribution in [0.3, 0.4) is 0 Å². The highest BCUT2D eigenvalue weighted by Gasteiger charge is 2.10. The van der Waals surface area contributed by atoms with Crippen molar-refractivity contribution in [1.82, 2.24) is 10.1 Å². The Labute approximate surface area is 97.7 Å². The summed E-state index contributed by atoms with van der Waals surface area (Å²) < 4.78 is 4.89. The minimum Gasteiger partial charge on any atom is -0.384 e. The van der Waals surface area contributed by atoms with Gasteiger partial charge in [-0.25, -0.2) is 0 Å². The number of aromatic nitrogens is 2. The lowest BCUT2D eigenvalue weighted by Gasteiger charge is -1.96. The maximum Gasteiger partial charge on any atom is 0.255 e. The third kappa shape index (κ3) is 2.84. The summed E-state index contributed by atoms with van der Waals surface area (Å²) in [5.74, 6) is 1.51. The van der Waals surface area contributed by atoms with E-state index in [2.05, 4.69) is 10.1 Å². The first-order valence-corrected chi connectivity index (χ1v) is 5.92. The fourth-order valence-electron chi connectivity index (χ4n) is 1.16. The Bertz CT molecular complexity index is 442. The molecule has 0 saturated carbocycles. The van der Waals surface area contributed by atoms with E-state index in [0.29, 0.717) is 11.6 Å². The van der Waals surface area contributed by atoms with Gasteiger partial charge in [0.1, 0.15) is 6.10 Å². The molecule has 0 aliphatic heterocycles. The zero-order valence-electron chi connectivity index (χ0n) is 8.83. The molecule has 1 aromatic carbocycles. The van der Waals surface area contributed by atoms with Gasteiger partial charge in [-0.1, -0.05) is 23.4 Å². The molecule has 0 fully saturated rings. The zero-order valence-corrected chi connectivity index (χ0v) is 9.65. The molecule has 1 N–H and O–H groups in total. The summed E-state index contributed by atoms with van der Waals surface area (Å²) in [5, 5.41) is 13.0. The van der Waals surface area contributed by atoms with Crippen molar-refractivity contribution in [1.29, 1.82) is 0 Å². The number of hydrogen-bond acceptors (Lipinski definition) is 5. The van der Waals surface area contributed by atoms with Gasteiger partial charge >= 0.3 is 0 Å². The minimum absolute atomic E-state index is 0.267. The maximum absolute atomic E-state index is 9.22. The second-order valence-corrected chi connectivity index (χ2v) is 4.38. The first kappa shape index (κ1) is 11.2. The summed E-state index contributed by atoms with van der Waals surface area (Å²) in [6.45, 7) is 1.60. The van der Waals surface area contributed by atoms with E-state index in [1.54, 1.807) is 18.7 Å². The summed E-state index contributed by atoms with van der Waals surface area (Å²) >= 11 is 1.63. The van der Waals surface area contributed by atoms with Gasteiger partial charge in [-0.15, -0.1) is 11.8 Å². The monoisotopic (exact) mass is 236 g/mol. The molecule has 1 aromatic heterocycles. The highest BCUT2D eigenvalue weighted by atomic mass is 32.2. The van der Waals surface area contributed by atoms with Crippen LogP contribution in [-0.4, -0.2) is 15.2 Å². The van der Waals surface area contributed by atoms with E-state index >= 15 is 0 Å². The molecule has 5 heteroatoms. The van der Waals surface area contributed by atoms with Crippen molar-refractivity contribution in [2.45, 2.75) is 23.7 Å². The topological polar surface area (TPSA) is 59.2 Å². The van der Waals surface area contributed by atoms with Gasteiger partial charge in [-0.05, 0) is 19.1 Å². The van der Waals surface area contributed by atoms with Crippen molar-refractivity contribution < 1.29 is 9.63 Å². The molecule has 1 atom stereocenters. The summed E-state index contributed by atoms with van der Waals surface area (Å²) in [6, 6.07) is 10.0. The van der Waals surface area contributed by atoms with Crippen LogP contribution in [0.25, 0.3) is 0 Å². The van der Waals surface area contributed by atoms with Crippen LogP contribution in [0.15, 0.2) is 39.8 Å². The molecule has 0 bridgehead atoms. The second kappa shape index (κ2) is 5.14. The predicted octanol–water partition coefficient (Wildman–Crippen LogP) is 2.42. The van der Waals surface area contributed by atoms with E-state index in [9.17, 15) is 5.11 Å². The minimum atomic E-state index is -0.706. The molecule has 1 heterocycles. The number of rotatable bonds is 4. The second-order valence-electron chi connectivity index (χ2n) is 3.33. The fraction of sp³-hybridized carbons (Fsp3) is 0.273. The van der Waals surface area contributed by atoms with Crippen LogP contribution in [0.1, 0.15) is 24.7 Å². The van der Waals surface area contributed by atoms with E-state index in [1.165, 1.54) is 0 Å². The molecule has 0 unspecified atom stereocenters. The molecule has 0 saturated heterocycles. The van der Waals surface area contributed by atoms with Crippen LogP contribution in [0.4, 0.5) is 0 Å². The lowest BCUT2D eigenvalue weighted by Crippen LogP contribution is -1.91. The predicted molar refractivity (Wildman–Crippen MR) is 60.9 cm³/mol. The Hall–Kier alpha value is -1.33. The van der Waals surface area contributed by atoms with Crippen molar-refractivity contribution in [3.8, 4) is 0 Å². The molecule has 0 spiro atoms. The summed E-state index contributed by atoms with van der Waals surface area (Å²) in [5.41, 5.74) is 0. The number of nitrogens with zero attached hydrogens (tertiary/aromatic N) is 2. The van der Waals surface area contributed by atoms with E-state index in [0.717, 1.165) is 4.90 Å². The number of benzene rings is 1. The number of aliphatic hydroxyl groups is 1. The van der Waals surface area contributed by atoms with Gasteiger partial charge in [0, 0.05) is 4.90 Å². The Kier molecular flexibility index (Phi) is 3.58. The fourth-order valence-corrected chi connectivity index (χ4v) is 1.92. The smallest absolute Gasteiger partial charge is 0.255 e. The van der Waals surface area contributed by atoms with E-state index in [1.807, 2.05) is 30.3 Å². The molecular formula is C11H12N2O2S. The third-order valence-electron chi connectivity index (χ3n) is 1.95. The Morgan fingerprint density at radius 1 is 1.38 bits per heavy atom. The van der Waals surface area contributed by atoms with Gasteiger partial charge in [-0.3, -0.25) is 0 Å². The van der Waals surface area contributed by atoms with Gasteiger partial charge in [0.25, 0.3) is 5.89 Å². The number of aliphatic hydroxyl groups excluding tert-OH is 1. The van der Waals surface area contributed by atoms with Crippen LogP contribution in [0.2, 0.25) is 0 Å². The Morgan fingerprint density at radius 3 is 2.75 bits per heavy atom. The highest BCUT2D eigenvalue weighted by Crippen LogP contribution is 2.21. The Balaban J connectivity index is 1.95. The molecule has 0 radical (unpaired) electrons. The van der Waals surface area contributed by atoms with Crippen LogP contribution in [0.5, 0.6) is 0 Å². The van der Waals surface area contributed by atoms with E-state index in [4.69, 9.17) is 4.52 Å². The first-order valence-electron chi connectivity index (χ1n) is 4.94. The largest absolute Gasteiger partial charge is 0.384 e. The molecule has 0 amide bonds. The maximum atomic E-state index is 9.22. The first-order chi connectivity index (χ1) is 7.75. The van der Waals surface area contributed by atoms with Gasteiger partial charge in [-0.2, -0.15) is 4.98 Å². The SMILES string of the molecule is C[C@H](O)c1nc(CSc2ccccc2)no1. The Morgan fingerprint density at radius 2 is 2.12 bits per heavy atom. The van der Waals surface area contributed by atoms with Crippen molar-refractivity contribution >= 4 is 11.8 Å². The van der Waals surface area contributed by atoms with Gasteiger partial charge in [0.05, 0.1) is 5.75 Å². The summed E-state index contributed by atoms with van der Waals surface area (Å²) in [7, 11) is 0. The van der Waals surface area contributed by atoms with E-state index in [-0.39, 0.29) is 5.89 Å². The standard InChI is InChI=1S/C11H12N2O2S/c1-8(14)11-12-10(13-15-11)7-16-9-5-3-2-4-6-9/h2-6,8,14H,7H2,1H3/t8-/m0/s1. The molecule has 4 nitrogen and oxygen atoms in total. The third-order valence-corrected chi connectivity index (χ3v) is 2.96. The molecule has 0 aliphatic rings. The van der Waals surface area contributed by atoms with Gasteiger partial charge in [0.2, 0.25) is 0 Å². The van der Waals surface area contributed by atoms with Gasteiger partial charge < -0.3 is 9.63 Å². The highest BCUT2D eigenvalue weighted by molar-refractivity contribution is 7.98. The molecule has 84 valence electrons. The molecule has 0 aliphatic carbocycles. The molecule has 2 rings (SSSR count).